The SMILES string of the molecule is C/C=C\C=C(/C)N(c1ccc(-c2ccc(C(C)C(Cc3ccccc3)c3cccc4ccccc34)cc2)cc1)c1cccc2ccccc12. The lowest BCUT2D eigenvalue weighted by atomic mass is 9.77. The van der Waals surface area contributed by atoms with Gasteiger partial charge >= 0.3 is 0 Å². The van der Waals surface area contributed by atoms with Crippen LogP contribution in [-0.4, -0.2) is 0 Å². The largest absolute Gasteiger partial charge is 0.314 e. The lowest BCUT2D eigenvalue weighted by molar-refractivity contribution is 0.576. The lowest BCUT2D eigenvalue weighted by Crippen LogP contribution is -2.14. The fraction of sp³-hybridized carbons (Fsp3) is 0.125. The zero-order chi connectivity index (χ0) is 33.6. The van der Waals surface area contributed by atoms with Crippen molar-refractivity contribution in [1.29, 1.82) is 0 Å². The number of hydrogen-bond donors (Lipinski definition) is 0. The molecule has 0 aromatic heterocycles. The number of anilines is 2. The molecule has 0 aliphatic carbocycles. The number of fused-ring (bicyclic) bond motifs is 2. The Bertz CT molecular complexity index is 2210. The van der Waals surface area contributed by atoms with Gasteiger partial charge in [-0.05, 0) is 100 Å². The Labute approximate surface area is 291 Å². The standard InChI is InChI=1S/C48H43N/c1-4-5-15-35(2)49(48-25-14-21-42-19-10-12-23-45(42)48)43-32-30-40(31-33-43)39-28-26-38(27-29-39)36(3)47(34-37-16-7-6-8-17-37)46-24-13-20-41-18-9-11-22-44(41)46/h4-33,36,47H,34H2,1-3H3/b5-4-,35-15+. The number of benzene rings is 7. The summed E-state index contributed by atoms with van der Waals surface area (Å²) < 4.78 is 0. The van der Waals surface area contributed by atoms with Gasteiger partial charge in [0.15, 0.2) is 0 Å². The second-order valence-corrected chi connectivity index (χ2v) is 13.0. The molecule has 49 heavy (non-hydrogen) atoms. The molecule has 7 rings (SSSR count). The summed E-state index contributed by atoms with van der Waals surface area (Å²) in [5.74, 6) is 0.682. The van der Waals surface area contributed by atoms with Crippen LogP contribution in [0.1, 0.15) is 49.3 Å². The van der Waals surface area contributed by atoms with Crippen molar-refractivity contribution < 1.29 is 0 Å². The van der Waals surface area contributed by atoms with Crippen molar-refractivity contribution >= 4 is 32.9 Å². The minimum Gasteiger partial charge on any atom is -0.314 e. The van der Waals surface area contributed by atoms with Crippen molar-refractivity contribution in [3.05, 3.63) is 204 Å². The van der Waals surface area contributed by atoms with Gasteiger partial charge in [-0.3, -0.25) is 0 Å². The van der Waals surface area contributed by atoms with Gasteiger partial charge in [0, 0.05) is 16.8 Å². The first kappa shape index (κ1) is 31.9. The number of rotatable bonds is 10. The molecule has 7 aromatic rings. The molecule has 240 valence electrons. The lowest BCUT2D eigenvalue weighted by Gasteiger charge is -2.27. The summed E-state index contributed by atoms with van der Waals surface area (Å²) in [5, 5.41) is 5.13. The topological polar surface area (TPSA) is 3.24 Å². The van der Waals surface area contributed by atoms with Gasteiger partial charge in [0.1, 0.15) is 0 Å². The van der Waals surface area contributed by atoms with E-state index in [0.29, 0.717) is 11.8 Å². The Kier molecular flexibility index (Phi) is 9.53. The molecular weight excluding hydrogens is 591 g/mol. The number of allylic oxidation sites excluding steroid dienone is 4. The molecule has 1 heteroatoms. The molecule has 0 aliphatic heterocycles. The highest BCUT2D eigenvalue weighted by Gasteiger charge is 2.23. The van der Waals surface area contributed by atoms with E-state index < -0.39 is 0 Å². The zero-order valence-electron chi connectivity index (χ0n) is 28.6. The van der Waals surface area contributed by atoms with Crippen LogP contribution in [0.4, 0.5) is 11.4 Å². The molecule has 0 spiro atoms. The Hall–Kier alpha value is -5.66. The van der Waals surface area contributed by atoms with Crippen LogP contribution < -0.4 is 4.90 Å². The quantitative estimate of drug-likeness (QED) is 0.135. The molecule has 0 amide bonds. The predicted molar refractivity (Wildman–Crippen MR) is 212 cm³/mol. The highest BCUT2D eigenvalue weighted by atomic mass is 15.1. The third-order valence-corrected chi connectivity index (χ3v) is 9.91. The Morgan fingerprint density at radius 2 is 1.16 bits per heavy atom. The Balaban J connectivity index is 1.19. The third kappa shape index (κ3) is 6.84. The van der Waals surface area contributed by atoms with Crippen LogP contribution in [0, 0.1) is 0 Å². The number of hydrogen-bond acceptors (Lipinski definition) is 1. The summed E-state index contributed by atoms with van der Waals surface area (Å²) in [6.07, 6.45) is 7.35. The van der Waals surface area contributed by atoms with Crippen LogP contribution >= 0.6 is 0 Å². The number of nitrogens with zero attached hydrogens (tertiary/aromatic N) is 1. The predicted octanol–water partition coefficient (Wildman–Crippen LogP) is 13.4. The van der Waals surface area contributed by atoms with Gasteiger partial charge in [0.05, 0.1) is 5.69 Å². The molecule has 2 atom stereocenters. The fourth-order valence-electron chi connectivity index (χ4n) is 7.26. The van der Waals surface area contributed by atoms with Crippen LogP contribution in [0.15, 0.2) is 188 Å². The molecule has 1 nitrogen and oxygen atoms in total. The molecule has 2 unspecified atom stereocenters. The van der Waals surface area contributed by atoms with Crippen molar-refractivity contribution in [2.45, 2.75) is 39.0 Å². The van der Waals surface area contributed by atoms with Gasteiger partial charge in [-0.25, -0.2) is 0 Å². The molecule has 0 N–H and O–H groups in total. The van der Waals surface area contributed by atoms with Crippen molar-refractivity contribution in [2.75, 3.05) is 4.90 Å². The summed E-state index contributed by atoms with van der Waals surface area (Å²) in [6, 6.07) is 59.9. The van der Waals surface area contributed by atoms with E-state index in [1.54, 1.807) is 0 Å². The highest BCUT2D eigenvalue weighted by molar-refractivity contribution is 5.97. The summed E-state index contributed by atoms with van der Waals surface area (Å²) in [4.78, 5) is 2.36. The van der Waals surface area contributed by atoms with Gasteiger partial charge in [-0.1, -0.05) is 165 Å². The maximum atomic E-state index is 2.39. The summed E-state index contributed by atoms with van der Waals surface area (Å²) in [5.41, 5.74) is 10.1. The first-order chi connectivity index (χ1) is 24.1. The average Bonchev–Trinajstić information content (AvgIpc) is 3.16. The van der Waals surface area contributed by atoms with Crippen molar-refractivity contribution in [1.82, 2.24) is 0 Å². The minimum atomic E-state index is 0.337. The van der Waals surface area contributed by atoms with Crippen LogP contribution in [0.5, 0.6) is 0 Å². The van der Waals surface area contributed by atoms with E-state index in [2.05, 4.69) is 208 Å². The molecule has 0 bridgehead atoms. The van der Waals surface area contributed by atoms with Gasteiger partial charge in [-0.15, -0.1) is 0 Å². The highest BCUT2D eigenvalue weighted by Crippen LogP contribution is 2.40. The zero-order valence-corrected chi connectivity index (χ0v) is 28.6. The van der Waals surface area contributed by atoms with E-state index in [9.17, 15) is 0 Å². The average molecular weight is 634 g/mol. The van der Waals surface area contributed by atoms with Gasteiger partial charge in [0.25, 0.3) is 0 Å². The second-order valence-electron chi connectivity index (χ2n) is 13.0. The van der Waals surface area contributed by atoms with Crippen LogP contribution in [0.25, 0.3) is 32.7 Å². The van der Waals surface area contributed by atoms with E-state index in [0.717, 1.165) is 17.8 Å². The maximum absolute atomic E-state index is 2.39. The van der Waals surface area contributed by atoms with Gasteiger partial charge < -0.3 is 4.90 Å². The molecule has 0 fully saturated rings. The normalized spacial score (nSPS) is 13.2. The minimum absolute atomic E-state index is 0.337. The summed E-state index contributed by atoms with van der Waals surface area (Å²) in [7, 11) is 0. The van der Waals surface area contributed by atoms with E-state index in [-0.39, 0.29) is 0 Å². The molecule has 0 saturated heterocycles. The van der Waals surface area contributed by atoms with E-state index >= 15 is 0 Å². The Morgan fingerprint density at radius 3 is 1.86 bits per heavy atom. The summed E-state index contributed by atoms with van der Waals surface area (Å²) in [6.45, 7) is 6.63. The first-order valence-electron chi connectivity index (χ1n) is 17.4. The molecule has 0 saturated carbocycles. The summed E-state index contributed by atoms with van der Waals surface area (Å²) >= 11 is 0. The molecule has 0 radical (unpaired) electrons. The van der Waals surface area contributed by atoms with Crippen LogP contribution in [0.3, 0.4) is 0 Å². The van der Waals surface area contributed by atoms with Crippen molar-refractivity contribution in [3.8, 4) is 11.1 Å². The van der Waals surface area contributed by atoms with Crippen molar-refractivity contribution in [2.24, 2.45) is 0 Å². The first-order valence-corrected chi connectivity index (χ1v) is 17.4. The van der Waals surface area contributed by atoms with Gasteiger partial charge in [-0.2, -0.15) is 0 Å². The van der Waals surface area contributed by atoms with Crippen LogP contribution in [-0.2, 0) is 6.42 Å². The smallest absolute Gasteiger partial charge is 0.0536 e. The Morgan fingerprint density at radius 1 is 0.592 bits per heavy atom. The van der Waals surface area contributed by atoms with Crippen LogP contribution in [0.2, 0.25) is 0 Å². The van der Waals surface area contributed by atoms with Crippen molar-refractivity contribution in [3.63, 3.8) is 0 Å². The molecular formula is C48H43N. The molecule has 0 aliphatic rings. The molecule has 7 aromatic carbocycles. The second kappa shape index (κ2) is 14.6. The van der Waals surface area contributed by atoms with Gasteiger partial charge in [0.2, 0.25) is 0 Å². The van der Waals surface area contributed by atoms with E-state index in [1.807, 2.05) is 0 Å². The van der Waals surface area contributed by atoms with E-state index in [1.165, 1.54) is 55.0 Å². The monoisotopic (exact) mass is 633 g/mol. The fourth-order valence-corrected chi connectivity index (χ4v) is 7.26. The van der Waals surface area contributed by atoms with E-state index in [4.69, 9.17) is 0 Å². The maximum Gasteiger partial charge on any atom is 0.0536 e. The molecule has 0 heterocycles. The third-order valence-electron chi connectivity index (χ3n) is 9.91.